The maximum absolute atomic E-state index is 12.6. The van der Waals surface area contributed by atoms with E-state index in [4.69, 9.17) is 4.74 Å². The Morgan fingerprint density at radius 3 is 2.66 bits per heavy atom. The third-order valence-electron chi connectivity index (χ3n) is 5.53. The van der Waals surface area contributed by atoms with Gasteiger partial charge in [-0.3, -0.25) is 14.5 Å². The van der Waals surface area contributed by atoms with Gasteiger partial charge in [-0.2, -0.15) is 0 Å². The van der Waals surface area contributed by atoms with E-state index in [1.807, 2.05) is 53.4 Å². The van der Waals surface area contributed by atoms with Gasteiger partial charge in [0.1, 0.15) is 12.4 Å². The number of nitrogens with one attached hydrogen (secondary N) is 1. The first-order valence-electron chi connectivity index (χ1n) is 10.2. The highest BCUT2D eigenvalue weighted by atomic mass is 16.5. The number of rotatable bonds is 6. The van der Waals surface area contributed by atoms with Crippen LogP contribution in [0.15, 0.2) is 48.5 Å². The Bertz CT molecular complexity index is 883. The zero-order valence-electron chi connectivity index (χ0n) is 16.6. The Kier molecular flexibility index (Phi) is 6.10. The average molecular weight is 393 g/mol. The number of hydrogen-bond acceptors (Lipinski definition) is 4. The van der Waals surface area contributed by atoms with Gasteiger partial charge in [-0.1, -0.05) is 42.5 Å². The molecule has 0 unspecified atom stereocenters. The molecule has 0 aromatic heterocycles. The van der Waals surface area contributed by atoms with E-state index in [0.29, 0.717) is 39.2 Å². The van der Waals surface area contributed by atoms with Crippen LogP contribution in [0.1, 0.15) is 29.5 Å². The highest BCUT2D eigenvalue weighted by molar-refractivity contribution is 5.78. The molecule has 1 fully saturated rings. The second-order valence-electron chi connectivity index (χ2n) is 7.63. The van der Waals surface area contributed by atoms with E-state index in [-0.39, 0.29) is 11.8 Å². The molecular formula is C23H27N3O3. The van der Waals surface area contributed by atoms with Crippen molar-refractivity contribution in [2.75, 3.05) is 26.2 Å². The van der Waals surface area contributed by atoms with Gasteiger partial charge in [-0.15, -0.1) is 0 Å². The first kappa shape index (κ1) is 19.5. The summed E-state index contributed by atoms with van der Waals surface area (Å²) in [6.07, 6.45) is 1.57. The molecule has 2 aromatic carbocycles. The van der Waals surface area contributed by atoms with Crippen LogP contribution < -0.4 is 10.1 Å². The molecule has 2 aliphatic heterocycles. The van der Waals surface area contributed by atoms with Gasteiger partial charge in [0.2, 0.25) is 11.8 Å². The predicted molar refractivity (Wildman–Crippen MR) is 110 cm³/mol. The molecule has 29 heavy (non-hydrogen) atoms. The number of benzene rings is 2. The summed E-state index contributed by atoms with van der Waals surface area (Å²) in [6, 6.07) is 16.0. The molecule has 0 saturated carbocycles. The quantitative estimate of drug-likeness (QED) is 0.818. The summed E-state index contributed by atoms with van der Waals surface area (Å²) < 4.78 is 5.77. The number of nitrogens with zero attached hydrogens (tertiary/aromatic N) is 2. The number of carbonyl (C=O) groups is 2. The zero-order chi connectivity index (χ0) is 20.1. The molecule has 0 atom stereocenters. The van der Waals surface area contributed by atoms with Crippen LogP contribution in [0.4, 0.5) is 0 Å². The van der Waals surface area contributed by atoms with E-state index in [1.54, 1.807) is 0 Å². The Hall–Kier alpha value is -2.86. The standard InChI is InChI=1S/C23H27N3O3/c27-22(17-25-12-13-29-21-9-4-3-8-20(21)15-25)24-14-18-6-1-2-7-19(18)16-26-11-5-10-23(26)28/h1-4,6-9H,5,10-17H2,(H,24,27). The number of carbonyl (C=O) groups excluding carboxylic acids is 2. The van der Waals surface area contributed by atoms with Gasteiger partial charge in [-0.25, -0.2) is 0 Å². The fourth-order valence-corrected chi connectivity index (χ4v) is 3.93. The molecule has 6 heteroatoms. The largest absolute Gasteiger partial charge is 0.492 e. The Labute approximate surface area is 171 Å². The molecule has 4 rings (SSSR count). The maximum Gasteiger partial charge on any atom is 0.234 e. The Morgan fingerprint density at radius 1 is 1.03 bits per heavy atom. The van der Waals surface area contributed by atoms with Gasteiger partial charge in [-0.05, 0) is 23.6 Å². The molecular weight excluding hydrogens is 366 g/mol. The molecule has 0 aliphatic carbocycles. The number of ether oxygens (including phenoxy) is 1. The van der Waals surface area contributed by atoms with Crippen LogP contribution >= 0.6 is 0 Å². The summed E-state index contributed by atoms with van der Waals surface area (Å²) >= 11 is 0. The van der Waals surface area contributed by atoms with Gasteiger partial charge in [0, 0.05) is 44.7 Å². The number of fused-ring (bicyclic) bond motifs is 1. The van der Waals surface area contributed by atoms with Gasteiger partial charge in [0.25, 0.3) is 0 Å². The number of para-hydroxylation sites is 1. The van der Waals surface area contributed by atoms with Gasteiger partial charge in [0.05, 0.1) is 6.54 Å². The van der Waals surface area contributed by atoms with Crippen molar-refractivity contribution < 1.29 is 14.3 Å². The topological polar surface area (TPSA) is 61.9 Å². The normalized spacial score (nSPS) is 16.8. The van der Waals surface area contributed by atoms with Crippen molar-refractivity contribution in [3.63, 3.8) is 0 Å². The number of hydrogen-bond donors (Lipinski definition) is 1. The lowest BCUT2D eigenvalue weighted by molar-refractivity contribution is -0.128. The molecule has 0 bridgehead atoms. The zero-order valence-corrected chi connectivity index (χ0v) is 16.6. The van der Waals surface area contributed by atoms with Gasteiger partial charge >= 0.3 is 0 Å². The number of amides is 2. The van der Waals surface area contributed by atoms with Crippen molar-refractivity contribution in [2.45, 2.75) is 32.5 Å². The van der Waals surface area contributed by atoms with Gasteiger partial charge in [0.15, 0.2) is 0 Å². The molecule has 0 spiro atoms. The first-order valence-corrected chi connectivity index (χ1v) is 10.2. The third kappa shape index (κ3) is 4.95. The smallest absolute Gasteiger partial charge is 0.234 e. The summed E-state index contributed by atoms with van der Waals surface area (Å²) in [4.78, 5) is 28.5. The lowest BCUT2D eigenvalue weighted by Crippen LogP contribution is -2.37. The van der Waals surface area contributed by atoms with Crippen LogP contribution in [0.3, 0.4) is 0 Å². The van der Waals surface area contributed by atoms with Crippen LogP contribution in [0.5, 0.6) is 5.75 Å². The molecule has 2 aliphatic rings. The lowest BCUT2D eigenvalue weighted by Gasteiger charge is -2.20. The number of likely N-dealkylation sites (tertiary alicyclic amines) is 1. The van der Waals surface area contributed by atoms with Crippen LogP contribution in [-0.4, -0.2) is 47.9 Å². The molecule has 2 aromatic rings. The summed E-state index contributed by atoms with van der Waals surface area (Å²) in [5.41, 5.74) is 3.27. The molecule has 1 N–H and O–H groups in total. The van der Waals surface area contributed by atoms with Crippen LogP contribution in [0, 0.1) is 0 Å². The van der Waals surface area contributed by atoms with Crippen LogP contribution in [0.2, 0.25) is 0 Å². The van der Waals surface area contributed by atoms with Crippen molar-refractivity contribution in [1.29, 1.82) is 0 Å². The van der Waals surface area contributed by atoms with E-state index in [2.05, 4.69) is 10.2 Å². The summed E-state index contributed by atoms with van der Waals surface area (Å²) in [6.45, 7) is 4.25. The van der Waals surface area contributed by atoms with E-state index >= 15 is 0 Å². The third-order valence-corrected chi connectivity index (χ3v) is 5.53. The second-order valence-corrected chi connectivity index (χ2v) is 7.63. The predicted octanol–water partition coefficient (Wildman–Crippen LogP) is 2.32. The molecule has 6 nitrogen and oxygen atoms in total. The maximum atomic E-state index is 12.6. The molecule has 0 radical (unpaired) electrons. The Balaban J connectivity index is 1.32. The fourth-order valence-electron chi connectivity index (χ4n) is 3.93. The molecule has 2 heterocycles. The van der Waals surface area contributed by atoms with Crippen molar-refractivity contribution in [3.8, 4) is 5.75 Å². The van der Waals surface area contributed by atoms with Crippen molar-refractivity contribution in [2.24, 2.45) is 0 Å². The minimum absolute atomic E-state index is 0.00330. The Morgan fingerprint density at radius 2 is 1.83 bits per heavy atom. The van der Waals surface area contributed by atoms with Crippen molar-refractivity contribution in [1.82, 2.24) is 15.1 Å². The van der Waals surface area contributed by atoms with E-state index in [1.165, 1.54) is 0 Å². The van der Waals surface area contributed by atoms with Crippen LogP contribution in [0.25, 0.3) is 0 Å². The van der Waals surface area contributed by atoms with Crippen molar-refractivity contribution in [3.05, 3.63) is 65.2 Å². The second kappa shape index (κ2) is 9.09. The summed E-state index contributed by atoms with van der Waals surface area (Å²) in [5.74, 6) is 1.12. The monoisotopic (exact) mass is 393 g/mol. The minimum atomic E-state index is -0.00330. The molecule has 2 amide bonds. The minimum Gasteiger partial charge on any atom is -0.492 e. The summed E-state index contributed by atoms with van der Waals surface area (Å²) in [5, 5.41) is 3.04. The van der Waals surface area contributed by atoms with E-state index in [0.717, 1.165) is 42.0 Å². The molecule has 1 saturated heterocycles. The first-order chi connectivity index (χ1) is 14.2. The summed E-state index contributed by atoms with van der Waals surface area (Å²) in [7, 11) is 0. The van der Waals surface area contributed by atoms with E-state index in [9.17, 15) is 9.59 Å². The average Bonchev–Trinajstić information content (AvgIpc) is 3.01. The van der Waals surface area contributed by atoms with Crippen LogP contribution in [-0.2, 0) is 29.2 Å². The lowest BCUT2D eigenvalue weighted by atomic mass is 10.1. The highest BCUT2D eigenvalue weighted by Gasteiger charge is 2.21. The van der Waals surface area contributed by atoms with E-state index < -0.39 is 0 Å². The molecule has 152 valence electrons. The fraction of sp³-hybridized carbons (Fsp3) is 0.391. The SMILES string of the molecule is O=C(CN1CCOc2ccccc2C1)NCc1ccccc1CN1CCCC1=O. The van der Waals surface area contributed by atoms with Crippen molar-refractivity contribution >= 4 is 11.8 Å². The van der Waals surface area contributed by atoms with Gasteiger partial charge < -0.3 is 15.0 Å². The highest BCUT2D eigenvalue weighted by Crippen LogP contribution is 2.22.